The van der Waals surface area contributed by atoms with Gasteiger partial charge in [-0.2, -0.15) is 0 Å². The molecule has 11 aromatic rings. The third-order valence-electron chi connectivity index (χ3n) is 17.8. The van der Waals surface area contributed by atoms with Crippen LogP contribution in [0.5, 0.6) is 0 Å². The van der Waals surface area contributed by atoms with Gasteiger partial charge in [-0.3, -0.25) is 0 Å². The van der Waals surface area contributed by atoms with Crippen LogP contribution in [0.2, 0.25) is 0 Å². The maximum absolute atomic E-state index is 7.31. The molecular weight excluding hydrogens is 922 g/mol. The number of fused-ring (bicyclic) bond motifs is 12. The zero-order chi connectivity index (χ0) is 52.4. The van der Waals surface area contributed by atoms with Gasteiger partial charge in [0.15, 0.2) is 5.71 Å². The van der Waals surface area contributed by atoms with Gasteiger partial charge >= 0.3 is 6.85 Å². The molecule has 0 saturated heterocycles. The van der Waals surface area contributed by atoms with Crippen molar-refractivity contribution < 1.29 is 4.42 Å². The average molecular weight is 988 g/mol. The smallest absolute Gasteiger partial charge is 0.336 e. The van der Waals surface area contributed by atoms with E-state index in [2.05, 4.69) is 266 Å². The minimum absolute atomic E-state index is 0.0160. The molecule has 5 heteroatoms. The normalized spacial score (nSPS) is 15.4. The summed E-state index contributed by atoms with van der Waals surface area (Å²) in [4.78, 5) is 5.15. The fourth-order valence-corrected chi connectivity index (χ4v) is 13.5. The third-order valence-corrected chi connectivity index (χ3v) is 17.8. The first-order valence-electron chi connectivity index (χ1n) is 27.6. The Morgan fingerprint density at radius 3 is 1.79 bits per heavy atom. The van der Waals surface area contributed by atoms with Crippen molar-refractivity contribution in [1.29, 1.82) is 0 Å². The minimum atomic E-state index is -0.206. The van der Waals surface area contributed by atoms with Gasteiger partial charge in [0, 0.05) is 55.7 Å². The van der Waals surface area contributed by atoms with Gasteiger partial charge in [-0.05, 0) is 163 Å². The molecule has 1 aliphatic carbocycles. The maximum atomic E-state index is 7.31. The van der Waals surface area contributed by atoms with Crippen LogP contribution < -0.4 is 20.7 Å². The summed E-state index contributed by atoms with van der Waals surface area (Å²) in [5, 5.41) is 5.93. The number of aromatic nitrogens is 1. The summed E-state index contributed by atoms with van der Waals surface area (Å²) >= 11 is 0. The summed E-state index contributed by atoms with van der Waals surface area (Å²) in [6.07, 6.45) is 2.32. The van der Waals surface area contributed by atoms with Crippen LogP contribution >= 0.6 is 0 Å². The number of para-hydroxylation sites is 1. The van der Waals surface area contributed by atoms with Gasteiger partial charge < -0.3 is 18.7 Å². The molecule has 0 saturated carbocycles. The maximum Gasteiger partial charge on any atom is 0.336 e. The molecule has 0 amide bonds. The van der Waals surface area contributed by atoms with E-state index in [1.807, 2.05) is 0 Å². The van der Waals surface area contributed by atoms with E-state index in [0.717, 1.165) is 45.6 Å². The lowest BCUT2D eigenvalue weighted by atomic mass is 9.44. The summed E-state index contributed by atoms with van der Waals surface area (Å²) in [5.41, 5.74) is 24.4. The summed E-state index contributed by atoms with van der Waals surface area (Å²) in [5.74, 6) is 0. The van der Waals surface area contributed by atoms with E-state index >= 15 is 0 Å². The van der Waals surface area contributed by atoms with Crippen molar-refractivity contribution in [1.82, 2.24) is 4.48 Å². The molecular formula is C71H66BN3O. The van der Waals surface area contributed by atoms with Crippen LogP contribution in [-0.4, -0.2) is 11.3 Å². The lowest BCUT2D eigenvalue weighted by Crippen LogP contribution is -2.56. The Hall–Kier alpha value is -7.76. The van der Waals surface area contributed by atoms with Crippen molar-refractivity contribution in [2.45, 2.75) is 111 Å². The van der Waals surface area contributed by atoms with Gasteiger partial charge in [0.1, 0.15) is 5.58 Å². The van der Waals surface area contributed by atoms with Gasteiger partial charge in [-0.15, -0.1) is 0 Å². The van der Waals surface area contributed by atoms with E-state index in [9.17, 15) is 0 Å². The fourth-order valence-electron chi connectivity index (χ4n) is 13.5. The van der Waals surface area contributed by atoms with Crippen LogP contribution in [0.1, 0.15) is 110 Å². The van der Waals surface area contributed by atoms with E-state index in [0.29, 0.717) is 0 Å². The summed E-state index contributed by atoms with van der Waals surface area (Å²) in [6.45, 7) is 25.7. The average Bonchev–Trinajstić information content (AvgIpc) is 3.95. The second-order valence-electron chi connectivity index (χ2n) is 25.7. The number of anilines is 6. The molecule has 2 aromatic heterocycles. The van der Waals surface area contributed by atoms with E-state index in [-0.39, 0.29) is 28.5 Å². The van der Waals surface area contributed by atoms with Crippen LogP contribution in [0.3, 0.4) is 0 Å². The summed E-state index contributed by atoms with van der Waals surface area (Å²) in [7, 11) is 0. The number of hydrogen-bond acceptors (Lipinski definition) is 3. The highest BCUT2D eigenvalue weighted by molar-refractivity contribution is 6.90. The first-order valence-corrected chi connectivity index (χ1v) is 27.6. The molecule has 14 rings (SSSR count). The molecule has 3 aliphatic rings. The highest BCUT2D eigenvalue weighted by Gasteiger charge is 2.46. The first-order chi connectivity index (χ1) is 36.4. The van der Waals surface area contributed by atoms with Crippen LogP contribution in [0.25, 0.3) is 66.0 Å². The van der Waals surface area contributed by atoms with E-state index in [1.165, 1.54) is 106 Å². The molecule has 2 aliphatic heterocycles. The summed E-state index contributed by atoms with van der Waals surface area (Å²) in [6, 6.07) is 67.1. The molecule has 0 atom stereocenters. The van der Waals surface area contributed by atoms with Crippen LogP contribution in [0.15, 0.2) is 180 Å². The number of hydrogen-bond donors (Lipinski definition) is 0. The lowest BCUT2D eigenvalue weighted by Gasteiger charge is -2.45. The van der Waals surface area contributed by atoms with Crippen molar-refractivity contribution in [3.63, 3.8) is 0 Å². The number of rotatable bonds is 5. The van der Waals surface area contributed by atoms with E-state index < -0.39 is 0 Å². The molecule has 374 valence electrons. The van der Waals surface area contributed by atoms with Crippen molar-refractivity contribution in [2.24, 2.45) is 0 Å². The molecule has 0 spiro atoms. The molecule has 0 radical (unpaired) electrons. The topological polar surface area (TPSA) is 24.6 Å². The second-order valence-corrected chi connectivity index (χ2v) is 25.7. The Balaban J connectivity index is 1.13. The Morgan fingerprint density at radius 2 is 1.13 bits per heavy atom. The van der Waals surface area contributed by atoms with Gasteiger partial charge in [-0.25, -0.2) is 0 Å². The molecule has 76 heavy (non-hydrogen) atoms. The highest BCUT2D eigenvalue weighted by Crippen LogP contribution is 2.54. The SMILES string of the molecule is Cc1cc2c(cc1N1c3ccc(-c4ccccc4)cc3B3c4c(cc5ccccc5c41)-c1cc(N(c4ccc(C(C)(C)C)cc4)c4ccc(C(C)(C)C)cc4)cc4c5c6ccccc6oc5n3c14)C(C)(C)CCC2(C)C. The number of aryl methyl sites for hydroxylation is 1. The van der Waals surface area contributed by atoms with Crippen molar-refractivity contribution in [3.8, 4) is 22.3 Å². The van der Waals surface area contributed by atoms with Crippen molar-refractivity contribution in [3.05, 3.63) is 204 Å². The quantitative estimate of drug-likeness (QED) is 0.161. The largest absolute Gasteiger partial charge is 0.441 e. The predicted molar refractivity (Wildman–Crippen MR) is 325 cm³/mol. The summed E-state index contributed by atoms with van der Waals surface area (Å²) < 4.78 is 9.91. The predicted octanol–water partition coefficient (Wildman–Crippen LogP) is 18.5. The van der Waals surface area contributed by atoms with Crippen molar-refractivity contribution >= 4 is 95.6 Å². The number of benzene rings is 9. The Bertz CT molecular complexity index is 4140. The zero-order valence-corrected chi connectivity index (χ0v) is 46.0. The zero-order valence-electron chi connectivity index (χ0n) is 46.0. The highest BCUT2D eigenvalue weighted by atomic mass is 16.3. The fraction of sp³-hybridized carbons (Fsp3) is 0.239. The molecule has 4 heterocycles. The lowest BCUT2D eigenvalue weighted by molar-refractivity contribution is 0.332. The molecule has 9 aromatic carbocycles. The van der Waals surface area contributed by atoms with Crippen LogP contribution in [0, 0.1) is 6.92 Å². The minimum Gasteiger partial charge on any atom is -0.441 e. The number of furan rings is 1. The molecule has 0 bridgehead atoms. The second kappa shape index (κ2) is 16.1. The van der Waals surface area contributed by atoms with Gasteiger partial charge in [0.25, 0.3) is 0 Å². The monoisotopic (exact) mass is 988 g/mol. The Morgan fingerprint density at radius 1 is 0.526 bits per heavy atom. The Kier molecular flexibility index (Phi) is 9.92. The van der Waals surface area contributed by atoms with Gasteiger partial charge in [0.2, 0.25) is 0 Å². The van der Waals surface area contributed by atoms with Crippen molar-refractivity contribution in [2.75, 3.05) is 9.80 Å². The standard InChI is InChI=1S/C71H66BN3O/c1-43-37-57-58(71(10,11)36-35-70(57,8)9)42-61(43)74-60-34-25-45(44-19-13-12-14-20-44)39-59(60)72-64-54(38-46-21-15-16-22-52(46)66(64)74)55-40-51(41-56-63-53-23-17-18-24-62(53)76-67(63)75(72)65(55)56)73(49-30-26-47(27-31-49)68(2,3)4)50-32-28-48(29-33-50)69(5,6)7/h12-34,37-42H,35-36H2,1-11H3. The molecule has 4 nitrogen and oxygen atoms in total. The van der Waals surface area contributed by atoms with E-state index in [4.69, 9.17) is 4.42 Å². The molecule has 0 unspecified atom stereocenters. The van der Waals surface area contributed by atoms with Crippen LogP contribution in [-0.2, 0) is 21.7 Å². The van der Waals surface area contributed by atoms with Crippen LogP contribution in [0.4, 0.5) is 34.1 Å². The molecule has 0 fully saturated rings. The third kappa shape index (κ3) is 6.89. The van der Waals surface area contributed by atoms with E-state index in [1.54, 1.807) is 0 Å². The Labute approximate surface area is 448 Å². The van der Waals surface area contributed by atoms with Gasteiger partial charge in [-0.1, -0.05) is 184 Å². The first kappa shape index (κ1) is 46.8. The molecule has 0 N–H and O–H groups in total. The number of nitrogens with zero attached hydrogens (tertiary/aromatic N) is 3. The van der Waals surface area contributed by atoms with Gasteiger partial charge in [0.05, 0.1) is 11.1 Å².